The minimum atomic E-state index is 0.832. The van der Waals surface area contributed by atoms with Crippen molar-refractivity contribution in [2.24, 2.45) is 12.0 Å². The van der Waals surface area contributed by atoms with E-state index >= 15 is 0 Å². The van der Waals surface area contributed by atoms with Gasteiger partial charge in [0, 0.05) is 39.6 Å². The average molecular weight is 334 g/mol. The van der Waals surface area contributed by atoms with Crippen molar-refractivity contribution >= 4 is 16.7 Å². The van der Waals surface area contributed by atoms with Crippen molar-refractivity contribution in [3.8, 4) is 0 Å². The van der Waals surface area contributed by atoms with E-state index in [0.29, 0.717) is 0 Å². The van der Waals surface area contributed by atoms with Crippen LogP contribution in [0.15, 0.2) is 65.8 Å². The molecule has 3 rings (SSSR count). The second-order valence-corrected chi connectivity index (χ2v) is 6.37. The number of guanidine groups is 1. The summed E-state index contributed by atoms with van der Waals surface area (Å²) >= 11 is 0. The van der Waals surface area contributed by atoms with E-state index in [0.717, 1.165) is 25.5 Å². The van der Waals surface area contributed by atoms with Crippen LogP contribution in [0.25, 0.3) is 10.8 Å². The molecule has 1 aromatic heterocycles. The van der Waals surface area contributed by atoms with Crippen molar-refractivity contribution in [1.82, 2.24) is 14.8 Å². The number of aryl methyl sites for hydroxylation is 1. The van der Waals surface area contributed by atoms with Gasteiger partial charge in [0.2, 0.25) is 0 Å². The highest BCUT2D eigenvalue weighted by molar-refractivity contribution is 5.83. The Bertz CT molecular complexity index is 863. The summed E-state index contributed by atoms with van der Waals surface area (Å²) in [4.78, 5) is 6.55. The van der Waals surface area contributed by atoms with Crippen LogP contribution >= 0.6 is 0 Å². The van der Waals surface area contributed by atoms with Crippen molar-refractivity contribution in [2.75, 3.05) is 20.6 Å². The number of aliphatic imine (C=N–C) groups is 1. The molecule has 4 heteroatoms. The van der Waals surface area contributed by atoms with Crippen LogP contribution < -0.4 is 5.32 Å². The number of hydrogen-bond donors (Lipinski definition) is 1. The van der Waals surface area contributed by atoms with E-state index in [4.69, 9.17) is 0 Å². The molecule has 4 nitrogen and oxygen atoms in total. The monoisotopic (exact) mass is 334 g/mol. The predicted octanol–water partition coefficient (Wildman–Crippen LogP) is 3.43. The fraction of sp³-hybridized carbons (Fsp3) is 0.286. The second-order valence-electron chi connectivity index (χ2n) is 6.37. The molecule has 0 radical (unpaired) electrons. The molecule has 0 unspecified atom stereocenters. The Balaban J connectivity index is 1.56. The Morgan fingerprint density at radius 1 is 1.08 bits per heavy atom. The van der Waals surface area contributed by atoms with Crippen LogP contribution in [-0.4, -0.2) is 36.1 Å². The minimum Gasteiger partial charge on any atom is -0.356 e. The standard InChI is InChI=1S/C21H26N4/c1-22-21(25(3)16-20-9-6-14-24(20)2)23-13-12-17-10-11-18-7-4-5-8-19(18)15-17/h4-11,14-15H,12-13,16H2,1-3H3,(H,22,23). The van der Waals surface area contributed by atoms with E-state index in [2.05, 4.69) is 94.7 Å². The van der Waals surface area contributed by atoms with Crippen molar-refractivity contribution in [1.29, 1.82) is 0 Å². The topological polar surface area (TPSA) is 32.6 Å². The molecule has 0 atom stereocenters. The van der Waals surface area contributed by atoms with Gasteiger partial charge < -0.3 is 14.8 Å². The maximum Gasteiger partial charge on any atom is 0.193 e. The molecule has 0 saturated heterocycles. The zero-order valence-corrected chi connectivity index (χ0v) is 15.2. The van der Waals surface area contributed by atoms with Crippen LogP contribution in [0.2, 0.25) is 0 Å². The summed E-state index contributed by atoms with van der Waals surface area (Å²) in [6.07, 6.45) is 3.04. The fourth-order valence-electron chi connectivity index (χ4n) is 3.08. The molecule has 3 aromatic rings. The maximum absolute atomic E-state index is 4.40. The second kappa shape index (κ2) is 7.88. The van der Waals surface area contributed by atoms with E-state index in [1.807, 2.05) is 7.05 Å². The lowest BCUT2D eigenvalue weighted by atomic mass is 10.1. The molecule has 0 spiro atoms. The number of fused-ring (bicyclic) bond motifs is 1. The third-order valence-electron chi connectivity index (χ3n) is 4.53. The molecular formula is C21H26N4. The third-order valence-corrected chi connectivity index (χ3v) is 4.53. The molecule has 0 aliphatic carbocycles. The van der Waals surface area contributed by atoms with Crippen LogP contribution in [0.3, 0.4) is 0 Å². The highest BCUT2D eigenvalue weighted by atomic mass is 15.3. The number of hydrogen-bond acceptors (Lipinski definition) is 1. The van der Waals surface area contributed by atoms with Gasteiger partial charge in [0.05, 0.1) is 6.54 Å². The van der Waals surface area contributed by atoms with Crippen molar-refractivity contribution in [2.45, 2.75) is 13.0 Å². The van der Waals surface area contributed by atoms with Crippen molar-refractivity contribution in [3.05, 3.63) is 72.1 Å². The number of nitrogens with zero attached hydrogens (tertiary/aromatic N) is 3. The number of nitrogens with one attached hydrogen (secondary N) is 1. The summed E-state index contributed by atoms with van der Waals surface area (Å²) in [7, 11) is 5.97. The molecule has 0 fully saturated rings. The quantitative estimate of drug-likeness (QED) is 0.573. The molecule has 0 aliphatic heterocycles. The van der Waals surface area contributed by atoms with Crippen LogP contribution in [0.4, 0.5) is 0 Å². The van der Waals surface area contributed by atoms with Crippen molar-refractivity contribution < 1.29 is 0 Å². The van der Waals surface area contributed by atoms with Crippen LogP contribution in [-0.2, 0) is 20.0 Å². The normalized spacial score (nSPS) is 11.7. The van der Waals surface area contributed by atoms with Gasteiger partial charge in [-0.3, -0.25) is 4.99 Å². The SMILES string of the molecule is CN=C(NCCc1ccc2ccccc2c1)N(C)Cc1cccn1C. The predicted molar refractivity (Wildman–Crippen MR) is 106 cm³/mol. The summed E-state index contributed by atoms with van der Waals surface area (Å²) in [5, 5.41) is 6.05. The van der Waals surface area contributed by atoms with Gasteiger partial charge in [-0.2, -0.15) is 0 Å². The molecule has 1 heterocycles. The maximum atomic E-state index is 4.40. The summed E-state index contributed by atoms with van der Waals surface area (Å²) in [6, 6.07) is 19.4. The Hall–Kier alpha value is -2.75. The third kappa shape index (κ3) is 4.21. The van der Waals surface area contributed by atoms with E-state index in [1.54, 1.807) is 0 Å². The first-order valence-electron chi connectivity index (χ1n) is 8.67. The zero-order valence-electron chi connectivity index (χ0n) is 15.2. The molecule has 130 valence electrons. The van der Waals surface area contributed by atoms with Gasteiger partial charge in [-0.25, -0.2) is 0 Å². The van der Waals surface area contributed by atoms with E-state index in [1.165, 1.54) is 22.0 Å². The molecule has 1 N–H and O–H groups in total. The highest BCUT2D eigenvalue weighted by Gasteiger charge is 2.08. The molecule has 0 bridgehead atoms. The zero-order chi connectivity index (χ0) is 17.6. The fourth-order valence-corrected chi connectivity index (χ4v) is 3.08. The number of aromatic nitrogens is 1. The molecule has 0 saturated carbocycles. The Morgan fingerprint density at radius 2 is 1.88 bits per heavy atom. The van der Waals surface area contributed by atoms with Gasteiger partial charge in [0.1, 0.15) is 0 Å². The van der Waals surface area contributed by atoms with Gasteiger partial charge in [0.25, 0.3) is 0 Å². The minimum absolute atomic E-state index is 0.832. The lowest BCUT2D eigenvalue weighted by Crippen LogP contribution is -2.39. The summed E-state index contributed by atoms with van der Waals surface area (Å²) < 4.78 is 2.14. The van der Waals surface area contributed by atoms with Gasteiger partial charge in [-0.05, 0) is 34.9 Å². The molecule has 0 amide bonds. The first-order chi connectivity index (χ1) is 12.2. The summed E-state index contributed by atoms with van der Waals surface area (Å²) in [6.45, 7) is 1.70. The first kappa shape index (κ1) is 17.1. The van der Waals surface area contributed by atoms with Crippen molar-refractivity contribution in [3.63, 3.8) is 0 Å². The van der Waals surface area contributed by atoms with Gasteiger partial charge in [-0.15, -0.1) is 0 Å². The molecule has 25 heavy (non-hydrogen) atoms. The Morgan fingerprint density at radius 3 is 2.60 bits per heavy atom. The number of benzene rings is 2. The molecule has 0 aliphatic rings. The number of rotatable bonds is 5. The molecular weight excluding hydrogens is 308 g/mol. The lowest BCUT2D eigenvalue weighted by Gasteiger charge is -2.22. The average Bonchev–Trinajstić information content (AvgIpc) is 3.03. The van der Waals surface area contributed by atoms with Gasteiger partial charge in [0.15, 0.2) is 5.96 Å². The first-order valence-corrected chi connectivity index (χ1v) is 8.67. The van der Waals surface area contributed by atoms with Crippen LogP contribution in [0, 0.1) is 0 Å². The van der Waals surface area contributed by atoms with E-state index < -0.39 is 0 Å². The lowest BCUT2D eigenvalue weighted by molar-refractivity contribution is 0.462. The van der Waals surface area contributed by atoms with Crippen LogP contribution in [0.5, 0.6) is 0 Å². The molecule has 2 aromatic carbocycles. The van der Waals surface area contributed by atoms with Gasteiger partial charge >= 0.3 is 0 Å². The summed E-state index contributed by atoms with van der Waals surface area (Å²) in [5.41, 5.74) is 2.60. The Labute approximate surface area is 149 Å². The summed E-state index contributed by atoms with van der Waals surface area (Å²) in [5.74, 6) is 0.919. The van der Waals surface area contributed by atoms with E-state index in [9.17, 15) is 0 Å². The smallest absolute Gasteiger partial charge is 0.193 e. The van der Waals surface area contributed by atoms with E-state index in [-0.39, 0.29) is 0 Å². The highest BCUT2D eigenvalue weighted by Crippen LogP contribution is 2.15. The largest absolute Gasteiger partial charge is 0.356 e. The Kier molecular flexibility index (Phi) is 5.39. The van der Waals surface area contributed by atoms with Gasteiger partial charge in [-0.1, -0.05) is 42.5 Å². The van der Waals surface area contributed by atoms with Crippen LogP contribution in [0.1, 0.15) is 11.3 Å².